The average molecular weight is 272 g/mol. The predicted molar refractivity (Wildman–Crippen MR) is 78.1 cm³/mol. The summed E-state index contributed by atoms with van der Waals surface area (Å²) >= 11 is 0. The molecule has 1 aromatic heterocycles. The maximum atomic E-state index is 11.1. The van der Waals surface area contributed by atoms with Crippen molar-refractivity contribution in [1.29, 1.82) is 0 Å². The van der Waals surface area contributed by atoms with Crippen LogP contribution >= 0.6 is 0 Å². The molecule has 1 aliphatic rings. The van der Waals surface area contributed by atoms with Gasteiger partial charge in [0, 0.05) is 31.4 Å². The quantitative estimate of drug-likeness (QED) is 0.683. The van der Waals surface area contributed by atoms with E-state index < -0.39 is 0 Å². The molecule has 2 heterocycles. The molecular formula is C14H16N4O2. The van der Waals surface area contributed by atoms with Gasteiger partial charge in [0.1, 0.15) is 5.52 Å². The van der Waals surface area contributed by atoms with E-state index in [0.29, 0.717) is 16.9 Å². The van der Waals surface area contributed by atoms with Crippen LogP contribution in [-0.4, -0.2) is 36.1 Å². The highest BCUT2D eigenvalue weighted by atomic mass is 16.6. The molecule has 104 valence electrons. The van der Waals surface area contributed by atoms with Crippen LogP contribution < -0.4 is 10.2 Å². The van der Waals surface area contributed by atoms with E-state index >= 15 is 0 Å². The molecule has 6 heteroatoms. The monoisotopic (exact) mass is 272 g/mol. The zero-order valence-electron chi connectivity index (χ0n) is 11.2. The first-order valence-electron chi connectivity index (χ1n) is 6.65. The predicted octanol–water partition coefficient (Wildman–Crippen LogP) is 1.94. The molecule has 2 aromatic rings. The minimum absolute atomic E-state index is 0.112. The summed E-state index contributed by atoms with van der Waals surface area (Å²) in [6.45, 7) is 1.84. The van der Waals surface area contributed by atoms with Gasteiger partial charge in [-0.25, -0.2) is 0 Å². The second-order valence-corrected chi connectivity index (χ2v) is 4.98. The minimum Gasteiger partial charge on any atom is -0.368 e. The highest BCUT2D eigenvalue weighted by molar-refractivity contribution is 5.97. The van der Waals surface area contributed by atoms with Crippen molar-refractivity contribution < 1.29 is 4.92 Å². The van der Waals surface area contributed by atoms with Gasteiger partial charge in [-0.1, -0.05) is 0 Å². The fraction of sp³-hybridized carbons (Fsp3) is 0.357. The standard InChI is InChI=1S/C14H16N4O2/c1-15-10-6-8-17(9-10)13-5-4-12(18(19)20)11-3-2-7-16-14(11)13/h2-5,7,10,15H,6,8-9H2,1H3. The molecule has 1 fully saturated rings. The fourth-order valence-electron chi connectivity index (χ4n) is 2.77. The van der Waals surface area contributed by atoms with Gasteiger partial charge in [-0.2, -0.15) is 0 Å². The number of hydrogen-bond acceptors (Lipinski definition) is 5. The third-order valence-corrected chi connectivity index (χ3v) is 3.86. The molecule has 6 nitrogen and oxygen atoms in total. The number of nitrogens with one attached hydrogen (secondary N) is 1. The fourth-order valence-corrected chi connectivity index (χ4v) is 2.77. The smallest absolute Gasteiger partial charge is 0.278 e. The lowest BCUT2D eigenvalue weighted by Gasteiger charge is -2.20. The number of pyridine rings is 1. The number of rotatable bonds is 3. The first-order valence-corrected chi connectivity index (χ1v) is 6.65. The Morgan fingerprint density at radius 3 is 3.00 bits per heavy atom. The number of nitrogens with zero attached hydrogens (tertiary/aromatic N) is 3. The molecule has 0 amide bonds. The van der Waals surface area contributed by atoms with Crippen LogP contribution in [0.4, 0.5) is 11.4 Å². The zero-order valence-corrected chi connectivity index (χ0v) is 11.2. The van der Waals surface area contributed by atoms with Gasteiger partial charge in [-0.3, -0.25) is 15.1 Å². The van der Waals surface area contributed by atoms with Gasteiger partial charge < -0.3 is 10.2 Å². The molecule has 20 heavy (non-hydrogen) atoms. The number of hydrogen-bond donors (Lipinski definition) is 1. The van der Waals surface area contributed by atoms with E-state index in [9.17, 15) is 10.1 Å². The van der Waals surface area contributed by atoms with Crippen LogP contribution in [0.3, 0.4) is 0 Å². The normalized spacial score (nSPS) is 18.6. The van der Waals surface area contributed by atoms with E-state index in [1.54, 1.807) is 24.4 Å². The Morgan fingerprint density at radius 1 is 1.45 bits per heavy atom. The van der Waals surface area contributed by atoms with Gasteiger partial charge in [0.25, 0.3) is 5.69 Å². The lowest BCUT2D eigenvalue weighted by atomic mass is 10.1. The molecule has 1 unspecified atom stereocenters. The van der Waals surface area contributed by atoms with Gasteiger partial charge in [0.15, 0.2) is 0 Å². The first kappa shape index (κ1) is 12.8. The van der Waals surface area contributed by atoms with E-state index in [4.69, 9.17) is 0 Å². The van der Waals surface area contributed by atoms with Crippen molar-refractivity contribution in [3.05, 3.63) is 40.6 Å². The summed E-state index contributed by atoms with van der Waals surface area (Å²) in [7, 11) is 1.96. The minimum atomic E-state index is -0.353. The Morgan fingerprint density at radius 2 is 2.30 bits per heavy atom. The van der Waals surface area contributed by atoms with Gasteiger partial charge in [-0.15, -0.1) is 0 Å². The van der Waals surface area contributed by atoms with E-state index in [2.05, 4.69) is 15.2 Å². The average Bonchev–Trinajstić information content (AvgIpc) is 2.94. The van der Waals surface area contributed by atoms with E-state index in [1.807, 2.05) is 13.1 Å². The SMILES string of the molecule is CNC1CCN(c2ccc([N+](=O)[O-])c3cccnc23)C1. The van der Waals surface area contributed by atoms with Crippen LogP contribution in [-0.2, 0) is 0 Å². The summed E-state index contributed by atoms with van der Waals surface area (Å²) in [5, 5.41) is 15.0. The number of likely N-dealkylation sites (N-methyl/N-ethyl adjacent to an activating group) is 1. The van der Waals surface area contributed by atoms with Crippen LogP contribution in [0, 0.1) is 10.1 Å². The Bertz CT molecular complexity index is 659. The Balaban J connectivity index is 2.09. The van der Waals surface area contributed by atoms with Crippen molar-refractivity contribution in [3.8, 4) is 0 Å². The van der Waals surface area contributed by atoms with Crippen molar-refractivity contribution in [1.82, 2.24) is 10.3 Å². The summed E-state index contributed by atoms with van der Waals surface area (Å²) in [6.07, 6.45) is 2.75. The highest BCUT2D eigenvalue weighted by Crippen LogP contribution is 2.33. The third-order valence-electron chi connectivity index (χ3n) is 3.86. The zero-order chi connectivity index (χ0) is 14.1. The molecule has 0 saturated carbocycles. The van der Waals surface area contributed by atoms with Crippen LogP contribution in [0.25, 0.3) is 10.9 Å². The second-order valence-electron chi connectivity index (χ2n) is 4.98. The number of aromatic nitrogens is 1. The number of fused-ring (bicyclic) bond motifs is 1. The van der Waals surface area contributed by atoms with Crippen molar-refractivity contribution >= 4 is 22.3 Å². The lowest BCUT2D eigenvalue weighted by molar-refractivity contribution is -0.383. The number of nitro benzene ring substituents is 1. The second kappa shape index (κ2) is 5.05. The van der Waals surface area contributed by atoms with Crippen molar-refractivity contribution in [2.45, 2.75) is 12.5 Å². The van der Waals surface area contributed by atoms with Crippen LogP contribution in [0.1, 0.15) is 6.42 Å². The summed E-state index contributed by atoms with van der Waals surface area (Å²) in [6, 6.07) is 7.34. The highest BCUT2D eigenvalue weighted by Gasteiger charge is 2.24. The summed E-state index contributed by atoms with van der Waals surface area (Å²) in [4.78, 5) is 17.3. The maximum absolute atomic E-state index is 11.1. The molecule has 1 aromatic carbocycles. The molecular weight excluding hydrogens is 256 g/mol. The summed E-state index contributed by atoms with van der Waals surface area (Å²) in [5.74, 6) is 0. The largest absolute Gasteiger partial charge is 0.368 e. The molecule has 1 N–H and O–H groups in total. The van der Waals surface area contributed by atoms with Gasteiger partial charge in [0.05, 0.1) is 16.0 Å². The van der Waals surface area contributed by atoms with E-state index in [-0.39, 0.29) is 10.6 Å². The maximum Gasteiger partial charge on any atom is 0.278 e. The molecule has 1 atom stereocenters. The number of nitro groups is 1. The molecule has 1 aliphatic heterocycles. The lowest BCUT2D eigenvalue weighted by Crippen LogP contribution is -2.29. The Kier molecular flexibility index (Phi) is 3.23. The Hall–Kier alpha value is -2.21. The first-order chi connectivity index (χ1) is 9.70. The van der Waals surface area contributed by atoms with Crippen molar-refractivity contribution in [3.63, 3.8) is 0 Å². The number of anilines is 1. The Labute approximate surface area is 116 Å². The molecule has 0 bridgehead atoms. The summed E-state index contributed by atoms with van der Waals surface area (Å²) in [5.41, 5.74) is 1.80. The molecule has 3 rings (SSSR count). The molecule has 0 radical (unpaired) electrons. The van der Waals surface area contributed by atoms with Crippen LogP contribution in [0.15, 0.2) is 30.5 Å². The summed E-state index contributed by atoms with van der Waals surface area (Å²) < 4.78 is 0. The van der Waals surface area contributed by atoms with E-state index in [1.165, 1.54) is 0 Å². The van der Waals surface area contributed by atoms with Crippen LogP contribution in [0.2, 0.25) is 0 Å². The van der Waals surface area contributed by atoms with Gasteiger partial charge in [-0.05, 0) is 31.7 Å². The number of non-ortho nitro benzene ring substituents is 1. The van der Waals surface area contributed by atoms with Gasteiger partial charge >= 0.3 is 0 Å². The van der Waals surface area contributed by atoms with Crippen LogP contribution in [0.5, 0.6) is 0 Å². The molecule has 0 aliphatic carbocycles. The third kappa shape index (κ3) is 2.08. The van der Waals surface area contributed by atoms with Crippen molar-refractivity contribution in [2.24, 2.45) is 0 Å². The topological polar surface area (TPSA) is 71.3 Å². The number of benzene rings is 1. The van der Waals surface area contributed by atoms with Crippen molar-refractivity contribution in [2.75, 3.05) is 25.0 Å². The molecule has 1 saturated heterocycles. The molecule has 0 spiro atoms. The van der Waals surface area contributed by atoms with E-state index in [0.717, 1.165) is 25.2 Å². The van der Waals surface area contributed by atoms with Gasteiger partial charge in [0.2, 0.25) is 0 Å².